The second kappa shape index (κ2) is 4.36. The van der Waals surface area contributed by atoms with Gasteiger partial charge in [-0.1, -0.05) is 39.8 Å². The Morgan fingerprint density at radius 3 is 1.50 bits per heavy atom. The Balaban J connectivity index is 1.79. The fourth-order valence-corrected chi connectivity index (χ4v) is 4.32. The molecule has 0 aromatic heterocycles. The second-order valence-electron chi connectivity index (χ2n) is 7.99. The number of benzene rings is 1. The van der Waals surface area contributed by atoms with Crippen LogP contribution in [0, 0.1) is 17.8 Å². The molecular weight excluding hydrogens is 240 g/mol. The Morgan fingerprint density at radius 2 is 1.20 bits per heavy atom. The summed E-state index contributed by atoms with van der Waals surface area (Å²) >= 11 is 0. The van der Waals surface area contributed by atoms with Crippen molar-refractivity contribution >= 4 is 0 Å². The molecule has 0 heteroatoms. The van der Waals surface area contributed by atoms with E-state index in [1.165, 1.54) is 25.7 Å². The Labute approximate surface area is 124 Å². The molecule has 20 heavy (non-hydrogen) atoms. The first-order valence-electron chi connectivity index (χ1n) is 8.76. The molecule has 0 saturated heterocycles. The third kappa shape index (κ3) is 2.03. The Kier molecular flexibility index (Phi) is 2.81. The lowest BCUT2D eigenvalue weighted by Crippen LogP contribution is -2.01. The van der Waals surface area contributed by atoms with Crippen LogP contribution in [0.4, 0.5) is 0 Å². The second-order valence-corrected chi connectivity index (χ2v) is 7.99. The molecule has 1 aromatic rings. The highest BCUT2D eigenvalue weighted by molar-refractivity contribution is 5.48. The van der Waals surface area contributed by atoms with E-state index in [0.29, 0.717) is 0 Å². The predicted octanol–water partition coefficient (Wildman–Crippen LogP) is 5.62. The van der Waals surface area contributed by atoms with Gasteiger partial charge in [-0.2, -0.15) is 0 Å². The molecule has 6 unspecified atom stereocenters. The van der Waals surface area contributed by atoms with Crippen molar-refractivity contribution in [2.24, 2.45) is 17.8 Å². The summed E-state index contributed by atoms with van der Waals surface area (Å²) < 4.78 is 0. The van der Waals surface area contributed by atoms with E-state index in [4.69, 9.17) is 0 Å². The number of hydrogen-bond acceptors (Lipinski definition) is 0. The summed E-state index contributed by atoms with van der Waals surface area (Å²) in [6.45, 7) is 9.63. The molecule has 0 amide bonds. The maximum atomic E-state index is 2.61. The molecule has 0 radical (unpaired) electrons. The van der Waals surface area contributed by atoms with Crippen LogP contribution in [0.5, 0.6) is 0 Å². The molecular formula is C20H28. The van der Waals surface area contributed by atoms with Crippen molar-refractivity contribution in [2.75, 3.05) is 0 Å². The van der Waals surface area contributed by atoms with Gasteiger partial charge in [-0.05, 0) is 83.4 Å². The summed E-state index contributed by atoms with van der Waals surface area (Å²) in [5.74, 6) is 5.42. The van der Waals surface area contributed by atoms with E-state index < -0.39 is 0 Å². The molecule has 3 aliphatic rings. The topological polar surface area (TPSA) is 0 Å². The highest BCUT2D eigenvalue weighted by Crippen LogP contribution is 2.56. The standard InChI is InChI=1S/C20H28/c1-5-15-19(17-7-12(17)3)9-14(16-6-11(16)2)10-20(15)18-8-13(18)4/h9-13,16-18H,5-8H2,1-4H3. The Bertz CT molecular complexity index is 504. The summed E-state index contributed by atoms with van der Waals surface area (Å²) in [6, 6.07) is 5.22. The highest BCUT2D eigenvalue weighted by atomic mass is 14.5. The summed E-state index contributed by atoms with van der Waals surface area (Å²) in [6.07, 6.45) is 5.51. The van der Waals surface area contributed by atoms with Crippen LogP contribution in [0.1, 0.15) is 87.0 Å². The average Bonchev–Trinajstić information content (AvgIpc) is 3.31. The maximum absolute atomic E-state index is 2.61. The lowest BCUT2D eigenvalue weighted by molar-refractivity contribution is 0.850. The summed E-state index contributed by atoms with van der Waals surface area (Å²) in [5.41, 5.74) is 6.89. The van der Waals surface area contributed by atoms with Crippen LogP contribution in [0.15, 0.2) is 12.1 Å². The van der Waals surface area contributed by atoms with E-state index in [9.17, 15) is 0 Å². The first-order chi connectivity index (χ1) is 9.60. The molecule has 3 aliphatic carbocycles. The molecule has 1 aromatic carbocycles. The van der Waals surface area contributed by atoms with E-state index in [-0.39, 0.29) is 0 Å². The van der Waals surface area contributed by atoms with Crippen molar-refractivity contribution in [3.63, 3.8) is 0 Å². The third-order valence-corrected chi connectivity index (χ3v) is 6.25. The van der Waals surface area contributed by atoms with Gasteiger partial charge in [0.2, 0.25) is 0 Å². The van der Waals surface area contributed by atoms with Crippen molar-refractivity contribution in [1.29, 1.82) is 0 Å². The fourth-order valence-electron chi connectivity index (χ4n) is 4.32. The zero-order valence-corrected chi connectivity index (χ0v) is 13.4. The van der Waals surface area contributed by atoms with Crippen LogP contribution in [0.25, 0.3) is 0 Å². The lowest BCUT2D eigenvalue weighted by Gasteiger charge is -2.17. The van der Waals surface area contributed by atoms with E-state index >= 15 is 0 Å². The predicted molar refractivity (Wildman–Crippen MR) is 85.4 cm³/mol. The molecule has 6 atom stereocenters. The van der Waals surface area contributed by atoms with Gasteiger partial charge in [0.25, 0.3) is 0 Å². The van der Waals surface area contributed by atoms with Crippen LogP contribution < -0.4 is 0 Å². The molecule has 0 nitrogen and oxygen atoms in total. The van der Waals surface area contributed by atoms with Crippen LogP contribution in [-0.2, 0) is 6.42 Å². The van der Waals surface area contributed by atoms with Crippen LogP contribution >= 0.6 is 0 Å². The SMILES string of the molecule is CCc1c(C2CC2C)cc(C2CC2C)cc1C1CC1C. The van der Waals surface area contributed by atoms with Crippen molar-refractivity contribution < 1.29 is 0 Å². The summed E-state index contributed by atoms with van der Waals surface area (Å²) in [5, 5.41) is 0. The van der Waals surface area contributed by atoms with Gasteiger partial charge in [-0.15, -0.1) is 0 Å². The monoisotopic (exact) mass is 268 g/mol. The normalized spacial score (nSPS) is 41.6. The molecule has 0 aliphatic heterocycles. The van der Waals surface area contributed by atoms with Gasteiger partial charge in [-0.25, -0.2) is 0 Å². The van der Waals surface area contributed by atoms with Gasteiger partial charge in [0.1, 0.15) is 0 Å². The molecule has 0 heterocycles. The number of hydrogen-bond donors (Lipinski definition) is 0. The van der Waals surface area contributed by atoms with Crippen molar-refractivity contribution in [3.8, 4) is 0 Å². The molecule has 0 bridgehead atoms. The summed E-state index contributed by atoms with van der Waals surface area (Å²) in [4.78, 5) is 0. The summed E-state index contributed by atoms with van der Waals surface area (Å²) in [7, 11) is 0. The molecule has 3 saturated carbocycles. The van der Waals surface area contributed by atoms with E-state index in [0.717, 1.165) is 35.5 Å². The van der Waals surface area contributed by atoms with E-state index in [1.54, 1.807) is 22.3 Å². The van der Waals surface area contributed by atoms with Crippen LogP contribution in [0.3, 0.4) is 0 Å². The van der Waals surface area contributed by atoms with Gasteiger partial charge >= 0.3 is 0 Å². The maximum Gasteiger partial charge on any atom is -0.0130 e. The van der Waals surface area contributed by atoms with Crippen molar-refractivity contribution in [3.05, 3.63) is 34.4 Å². The molecule has 0 N–H and O–H groups in total. The first kappa shape index (κ1) is 12.9. The minimum absolute atomic E-state index is 0.876. The molecule has 3 fully saturated rings. The Hall–Kier alpha value is -0.780. The third-order valence-electron chi connectivity index (χ3n) is 6.25. The zero-order chi connectivity index (χ0) is 14.0. The number of rotatable bonds is 4. The van der Waals surface area contributed by atoms with Gasteiger partial charge < -0.3 is 0 Å². The molecule has 108 valence electrons. The molecule has 4 rings (SSSR count). The quantitative estimate of drug-likeness (QED) is 0.665. The van der Waals surface area contributed by atoms with Crippen molar-refractivity contribution in [2.45, 2.75) is 71.1 Å². The smallest absolute Gasteiger partial charge is 0.0130 e. The highest BCUT2D eigenvalue weighted by Gasteiger charge is 2.42. The van der Waals surface area contributed by atoms with Crippen molar-refractivity contribution in [1.82, 2.24) is 0 Å². The van der Waals surface area contributed by atoms with Gasteiger partial charge in [0.15, 0.2) is 0 Å². The average molecular weight is 268 g/mol. The Morgan fingerprint density at radius 1 is 0.800 bits per heavy atom. The van der Waals surface area contributed by atoms with Gasteiger partial charge in [-0.3, -0.25) is 0 Å². The lowest BCUT2D eigenvalue weighted by atomic mass is 9.88. The largest absolute Gasteiger partial charge is 0.0619 e. The zero-order valence-electron chi connectivity index (χ0n) is 13.4. The minimum atomic E-state index is 0.876. The van der Waals surface area contributed by atoms with Crippen LogP contribution in [0.2, 0.25) is 0 Å². The van der Waals surface area contributed by atoms with Gasteiger partial charge in [0.05, 0.1) is 0 Å². The van der Waals surface area contributed by atoms with E-state index in [2.05, 4.69) is 39.8 Å². The minimum Gasteiger partial charge on any atom is -0.0619 e. The van der Waals surface area contributed by atoms with E-state index in [1.807, 2.05) is 0 Å². The first-order valence-corrected chi connectivity index (χ1v) is 8.76. The van der Waals surface area contributed by atoms with Crippen LogP contribution in [-0.4, -0.2) is 0 Å². The molecule has 0 spiro atoms. The van der Waals surface area contributed by atoms with Gasteiger partial charge in [0, 0.05) is 0 Å². The fraction of sp³-hybridized carbons (Fsp3) is 0.700.